The van der Waals surface area contributed by atoms with Gasteiger partial charge in [-0.15, -0.1) is 0 Å². The Hall–Kier alpha value is -0.217. The van der Waals surface area contributed by atoms with E-state index in [2.05, 4.69) is 4.74 Å². The number of hydrogen-bond donors (Lipinski definition) is 2. The van der Waals surface area contributed by atoms with E-state index in [1.54, 1.807) is 0 Å². The van der Waals surface area contributed by atoms with E-state index < -0.39 is 18.0 Å². The van der Waals surface area contributed by atoms with Gasteiger partial charge in [-0.25, -0.2) is 4.79 Å². The van der Waals surface area contributed by atoms with E-state index in [9.17, 15) is 9.59 Å². The van der Waals surface area contributed by atoms with Gasteiger partial charge in [0.25, 0.3) is 0 Å². The molecule has 1 unspecified atom stereocenters. The van der Waals surface area contributed by atoms with Crippen LogP contribution in [0.2, 0.25) is 0 Å². The molecule has 0 heterocycles. The van der Waals surface area contributed by atoms with E-state index >= 15 is 0 Å². The molecule has 0 bridgehead atoms. The maximum absolute atomic E-state index is 10.1. The van der Waals surface area contributed by atoms with E-state index in [-0.39, 0.29) is 32.4 Å². The predicted molar refractivity (Wildman–Crippen MR) is 33.9 cm³/mol. The molecular formula is C5H11NO4Zr. The van der Waals surface area contributed by atoms with Crippen molar-refractivity contribution in [2.75, 3.05) is 0 Å². The molecule has 0 amide bonds. The zero-order valence-electron chi connectivity index (χ0n) is 6.46. The molecule has 0 aromatic heterocycles. The summed E-state index contributed by atoms with van der Waals surface area (Å²) >= 11 is 0. The van der Waals surface area contributed by atoms with Gasteiger partial charge in [-0.3, -0.25) is 4.79 Å². The topological polar surface area (TPSA) is 98.6 Å². The number of esters is 1. The van der Waals surface area contributed by atoms with Crippen molar-refractivity contribution in [2.45, 2.75) is 20.0 Å². The first-order valence-electron chi connectivity index (χ1n) is 2.44. The Labute approximate surface area is 83.8 Å². The molecule has 0 saturated carbocycles. The fourth-order valence-electron chi connectivity index (χ4n) is 0.299. The average Bonchev–Trinajstić information content (AvgIpc) is 1.63. The van der Waals surface area contributed by atoms with Crippen LogP contribution in [0.3, 0.4) is 0 Å². The molecular weight excluding hydrogens is 229 g/mol. The molecule has 1 atom stereocenters. The van der Waals surface area contributed by atoms with Gasteiger partial charge >= 0.3 is 11.9 Å². The van der Waals surface area contributed by atoms with Gasteiger partial charge in [-0.05, 0) is 6.92 Å². The van der Waals surface area contributed by atoms with Crippen LogP contribution < -0.4 is 6.15 Å². The Morgan fingerprint density at radius 1 is 1.45 bits per heavy atom. The molecule has 0 fully saturated rings. The van der Waals surface area contributed by atoms with Gasteiger partial charge in [0.1, 0.15) is 0 Å². The summed E-state index contributed by atoms with van der Waals surface area (Å²) < 4.78 is 4.27. The second kappa shape index (κ2) is 7.89. The second-order valence-corrected chi connectivity index (χ2v) is 1.59. The summed E-state index contributed by atoms with van der Waals surface area (Å²) in [6.07, 6.45) is -1.04. The normalized spacial score (nSPS) is 10.0. The van der Waals surface area contributed by atoms with Gasteiger partial charge < -0.3 is 16.0 Å². The minimum absolute atomic E-state index is 0. The molecule has 0 rings (SSSR count). The van der Waals surface area contributed by atoms with Crippen molar-refractivity contribution in [3.05, 3.63) is 0 Å². The number of ether oxygens (including phenoxy) is 1. The smallest absolute Gasteiger partial charge is 0.344 e. The summed E-state index contributed by atoms with van der Waals surface area (Å²) in [5.41, 5.74) is 0. The van der Waals surface area contributed by atoms with Crippen molar-refractivity contribution in [3.8, 4) is 0 Å². The first-order valence-corrected chi connectivity index (χ1v) is 2.44. The zero-order valence-corrected chi connectivity index (χ0v) is 8.91. The van der Waals surface area contributed by atoms with Crippen molar-refractivity contribution >= 4 is 11.9 Å². The van der Waals surface area contributed by atoms with Crippen LogP contribution in [0.5, 0.6) is 0 Å². The summed E-state index contributed by atoms with van der Waals surface area (Å²) in [7, 11) is 0. The van der Waals surface area contributed by atoms with Crippen LogP contribution >= 0.6 is 0 Å². The van der Waals surface area contributed by atoms with Crippen LogP contribution in [0.15, 0.2) is 0 Å². The molecule has 11 heavy (non-hydrogen) atoms. The number of carbonyl (C=O) groups is 2. The molecule has 0 aliphatic heterocycles. The minimum Gasteiger partial charge on any atom is -0.479 e. The summed E-state index contributed by atoms with van der Waals surface area (Å²) in [6.45, 7) is 2.46. The fourth-order valence-corrected chi connectivity index (χ4v) is 0.299. The SMILES string of the molecule is CC(=O)OC(C)C(=O)O.N.[Zr]. The molecule has 0 spiro atoms. The molecule has 5 nitrogen and oxygen atoms in total. The first-order chi connectivity index (χ1) is 4.04. The molecule has 0 aromatic rings. The van der Waals surface area contributed by atoms with Crippen LogP contribution in [-0.2, 0) is 40.5 Å². The van der Waals surface area contributed by atoms with Crippen molar-refractivity contribution in [1.29, 1.82) is 0 Å². The van der Waals surface area contributed by atoms with Crippen molar-refractivity contribution in [1.82, 2.24) is 6.15 Å². The molecule has 0 radical (unpaired) electrons. The third kappa shape index (κ3) is 9.78. The average molecular weight is 240 g/mol. The Kier molecular flexibility index (Phi) is 12.2. The van der Waals surface area contributed by atoms with E-state index in [4.69, 9.17) is 5.11 Å². The molecule has 64 valence electrons. The second-order valence-electron chi connectivity index (χ2n) is 1.59. The van der Waals surface area contributed by atoms with Gasteiger partial charge in [0.2, 0.25) is 0 Å². The van der Waals surface area contributed by atoms with Gasteiger partial charge in [0.05, 0.1) is 0 Å². The number of aliphatic carboxylic acids is 1. The number of carbonyl (C=O) groups excluding carboxylic acids is 1. The van der Waals surface area contributed by atoms with Crippen molar-refractivity contribution < 1.29 is 45.6 Å². The van der Waals surface area contributed by atoms with Crippen LogP contribution in [0.25, 0.3) is 0 Å². The molecule has 4 N–H and O–H groups in total. The van der Waals surface area contributed by atoms with E-state index in [0.717, 1.165) is 0 Å². The Morgan fingerprint density at radius 3 is 1.91 bits per heavy atom. The van der Waals surface area contributed by atoms with Gasteiger partial charge in [0.15, 0.2) is 6.10 Å². The number of rotatable bonds is 2. The van der Waals surface area contributed by atoms with E-state index in [1.165, 1.54) is 13.8 Å². The van der Waals surface area contributed by atoms with E-state index in [1.807, 2.05) is 0 Å². The molecule has 0 aliphatic rings. The molecule has 6 heteroatoms. The standard InChI is InChI=1S/C5H8O4.H3N.Zr/c1-3(5(7)8)9-4(2)6;;/h3H,1-2H3,(H,7,8);1H3;. The largest absolute Gasteiger partial charge is 0.479 e. The van der Waals surface area contributed by atoms with Gasteiger partial charge in [-0.1, -0.05) is 0 Å². The summed E-state index contributed by atoms with van der Waals surface area (Å²) in [5.74, 6) is -1.71. The number of carboxylic acids is 1. The summed E-state index contributed by atoms with van der Waals surface area (Å²) in [6, 6.07) is 0. The van der Waals surface area contributed by atoms with Crippen molar-refractivity contribution in [3.63, 3.8) is 0 Å². The maximum atomic E-state index is 10.1. The number of carboxylic acid groups (broad SMARTS) is 1. The summed E-state index contributed by atoms with van der Waals surface area (Å²) in [4.78, 5) is 20.0. The molecule has 0 aliphatic carbocycles. The van der Waals surface area contributed by atoms with Crippen LogP contribution in [0.1, 0.15) is 13.8 Å². The summed E-state index contributed by atoms with van der Waals surface area (Å²) in [5, 5.41) is 8.15. The number of hydrogen-bond acceptors (Lipinski definition) is 4. The van der Waals surface area contributed by atoms with Gasteiger partial charge in [0, 0.05) is 33.1 Å². The van der Waals surface area contributed by atoms with Crippen LogP contribution in [-0.4, -0.2) is 23.1 Å². The monoisotopic (exact) mass is 239 g/mol. The molecule has 0 saturated heterocycles. The van der Waals surface area contributed by atoms with Crippen molar-refractivity contribution in [2.24, 2.45) is 0 Å². The quantitative estimate of drug-likeness (QED) is 0.671. The van der Waals surface area contributed by atoms with E-state index in [0.29, 0.717) is 0 Å². The predicted octanol–water partition coefficient (Wildman–Crippen LogP) is 0.182. The zero-order chi connectivity index (χ0) is 7.44. The maximum Gasteiger partial charge on any atom is 0.344 e. The third-order valence-electron chi connectivity index (χ3n) is 0.691. The Balaban J connectivity index is -0.000000320. The first kappa shape index (κ1) is 17.0. The Morgan fingerprint density at radius 2 is 1.82 bits per heavy atom. The van der Waals surface area contributed by atoms with Crippen LogP contribution in [0, 0.1) is 0 Å². The molecule has 0 aromatic carbocycles. The third-order valence-corrected chi connectivity index (χ3v) is 0.691. The van der Waals surface area contributed by atoms with Gasteiger partial charge in [-0.2, -0.15) is 0 Å². The minimum atomic E-state index is -1.13. The Bertz CT molecular complexity index is 138. The van der Waals surface area contributed by atoms with Crippen LogP contribution in [0.4, 0.5) is 0 Å². The fraction of sp³-hybridized carbons (Fsp3) is 0.600.